The van der Waals surface area contributed by atoms with Gasteiger partial charge in [-0.15, -0.1) is 0 Å². The summed E-state index contributed by atoms with van der Waals surface area (Å²) in [5, 5.41) is 11.6. The fourth-order valence-electron chi connectivity index (χ4n) is 2.16. The van der Waals surface area contributed by atoms with Gasteiger partial charge in [0.25, 0.3) is 0 Å². The fourth-order valence-corrected chi connectivity index (χ4v) is 2.16. The van der Waals surface area contributed by atoms with E-state index in [0.29, 0.717) is 6.54 Å². The summed E-state index contributed by atoms with van der Waals surface area (Å²) in [6.45, 7) is 6.50. The molecule has 0 fully saturated rings. The van der Waals surface area contributed by atoms with Gasteiger partial charge in [0.1, 0.15) is 0 Å². The van der Waals surface area contributed by atoms with Crippen LogP contribution in [0.2, 0.25) is 0 Å². The van der Waals surface area contributed by atoms with Gasteiger partial charge in [-0.3, -0.25) is 4.79 Å². The van der Waals surface area contributed by atoms with Crippen LogP contribution < -0.4 is 5.32 Å². The molecule has 0 unspecified atom stereocenters. The number of carboxylic acid groups (broad SMARTS) is 1. The number of aliphatic carboxylic acids is 1. The molecule has 1 aromatic rings. The second kappa shape index (κ2) is 8.29. The molecule has 21 heavy (non-hydrogen) atoms. The molecule has 1 rings (SSSR count). The Morgan fingerprint density at radius 3 is 2.38 bits per heavy atom. The largest absolute Gasteiger partial charge is 0.481 e. The normalized spacial score (nSPS) is 10.5. The molecule has 1 aromatic carbocycles. The van der Waals surface area contributed by atoms with E-state index in [2.05, 4.69) is 12.2 Å². The molecule has 0 radical (unpaired) electrons. The molecule has 0 bridgehead atoms. The van der Waals surface area contributed by atoms with Gasteiger partial charge in [0.2, 0.25) is 0 Å². The minimum Gasteiger partial charge on any atom is -0.481 e. The number of rotatable bonds is 7. The van der Waals surface area contributed by atoms with Gasteiger partial charge < -0.3 is 15.3 Å². The first kappa shape index (κ1) is 17.0. The van der Waals surface area contributed by atoms with Crippen LogP contribution in [0.1, 0.15) is 38.3 Å². The van der Waals surface area contributed by atoms with Crippen LogP contribution in [0.5, 0.6) is 0 Å². The summed E-state index contributed by atoms with van der Waals surface area (Å²) in [6, 6.07) is 7.72. The lowest BCUT2D eigenvalue weighted by Gasteiger charge is -2.26. The van der Waals surface area contributed by atoms with E-state index in [1.165, 1.54) is 5.56 Å². The quantitative estimate of drug-likeness (QED) is 0.811. The average molecular weight is 292 g/mol. The molecule has 2 N–H and O–H groups in total. The van der Waals surface area contributed by atoms with E-state index in [1.54, 1.807) is 4.90 Å². The smallest absolute Gasteiger partial charge is 0.317 e. The van der Waals surface area contributed by atoms with Gasteiger partial charge in [-0.1, -0.05) is 31.2 Å². The number of hydrogen-bond acceptors (Lipinski definition) is 2. The molecule has 0 heterocycles. The molecule has 2 amide bonds. The summed E-state index contributed by atoms with van der Waals surface area (Å²) in [5.41, 5.74) is 2.30. The maximum Gasteiger partial charge on any atom is 0.317 e. The number of amides is 2. The van der Waals surface area contributed by atoms with Crippen molar-refractivity contribution < 1.29 is 14.7 Å². The predicted molar refractivity (Wildman–Crippen MR) is 82.2 cm³/mol. The Morgan fingerprint density at radius 2 is 1.86 bits per heavy atom. The first-order valence-corrected chi connectivity index (χ1v) is 7.28. The van der Waals surface area contributed by atoms with Crippen LogP contribution in [-0.4, -0.2) is 34.6 Å². The van der Waals surface area contributed by atoms with E-state index in [0.717, 1.165) is 12.0 Å². The number of hydrogen-bond donors (Lipinski definition) is 2. The minimum atomic E-state index is -0.898. The van der Waals surface area contributed by atoms with Crippen molar-refractivity contribution in [2.45, 2.75) is 46.2 Å². The van der Waals surface area contributed by atoms with Gasteiger partial charge in [0, 0.05) is 19.1 Å². The Bertz CT molecular complexity index is 486. The number of carboxylic acids is 1. The molecule has 0 atom stereocenters. The van der Waals surface area contributed by atoms with E-state index in [-0.39, 0.29) is 25.0 Å². The van der Waals surface area contributed by atoms with Crippen LogP contribution in [0, 0.1) is 0 Å². The minimum absolute atomic E-state index is 0.0363. The Morgan fingerprint density at radius 1 is 1.24 bits per heavy atom. The second-order valence-electron chi connectivity index (χ2n) is 5.21. The SMILES string of the molecule is CCc1ccccc1CNC(=O)N(CCC(=O)O)C(C)C. The molecular weight excluding hydrogens is 268 g/mol. The van der Waals surface area contributed by atoms with E-state index in [9.17, 15) is 9.59 Å². The van der Waals surface area contributed by atoms with Crippen LogP contribution in [0.25, 0.3) is 0 Å². The summed E-state index contributed by atoms with van der Waals surface area (Å²) in [7, 11) is 0. The zero-order chi connectivity index (χ0) is 15.8. The van der Waals surface area contributed by atoms with Crippen molar-refractivity contribution in [2.75, 3.05) is 6.54 Å². The molecule has 0 aliphatic heterocycles. The molecule has 0 aromatic heterocycles. The van der Waals surface area contributed by atoms with E-state index in [4.69, 9.17) is 5.11 Å². The summed E-state index contributed by atoms with van der Waals surface area (Å²) in [6.07, 6.45) is 0.871. The van der Waals surface area contributed by atoms with Crippen LogP contribution in [0.15, 0.2) is 24.3 Å². The van der Waals surface area contributed by atoms with Crippen molar-refractivity contribution in [3.05, 3.63) is 35.4 Å². The highest BCUT2D eigenvalue weighted by Crippen LogP contribution is 2.09. The average Bonchev–Trinajstić information content (AvgIpc) is 2.44. The predicted octanol–water partition coefficient (Wildman–Crippen LogP) is 2.64. The second-order valence-corrected chi connectivity index (χ2v) is 5.21. The van der Waals surface area contributed by atoms with Crippen molar-refractivity contribution in [3.8, 4) is 0 Å². The maximum atomic E-state index is 12.2. The highest BCUT2D eigenvalue weighted by molar-refractivity contribution is 5.75. The lowest BCUT2D eigenvalue weighted by atomic mass is 10.1. The summed E-state index contributed by atoms with van der Waals surface area (Å²) < 4.78 is 0. The topological polar surface area (TPSA) is 69.6 Å². The number of nitrogens with zero attached hydrogens (tertiary/aromatic N) is 1. The van der Waals surface area contributed by atoms with Gasteiger partial charge in [-0.05, 0) is 31.4 Å². The Kier molecular flexibility index (Phi) is 6.72. The number of carbonyl (C=O) groups excluding carboxylic acids is 1. The van der Waals surface area contributed by atoms with Crippen molar-refractivity contribution in [2.24, 2.45) is 0 Å². The lowest BCUT2D eigenvalue weighted by Crippen LogP contribution is -2.44. The number of aryl methyl sites for hydroxylation is 1. The molecule has 0 spiro atoms. The van der Waals surface area contributed by atoms with E-state index < -0.39 is 5.97 Å². The molecule has 0 saturated heterocycles. The van der Waals surface area contributed by atoms with Crippen molar-refractivity contribution in [1.82, 2.24) is 10.2 Å². The Balaban J connectivity index is 2.63. The van der Waals surface area contributed by atoms with Gasteiger partial charge in [-0.25, -0.2) is 4.79 Å². The van der Waals surface area contributed by atoms with E-state index in [1.807, 2.05) is 38.1 Å². The lowest BCUT2D eigenvalue weighted by molar-refractivity contribution is -0.137. The molecule has 5 nitrogen and oxygen atoms in total. The van der Waals surface area contributed by atoms with Gasteiger partial charge in [0.15, 0.2) is 0 Å². The van der Waals surface area contributed by atoms with Crippen LogP contribution in [0.3, 0.4) is 0 Å². The van der Waals surface area contributed by atoms with Crippen LogP contribution >= 0.6 is 0 Å². The fraction of sp³-hybridized carbons (Fsp3) is 0.500. The third kappa shape index (κ3) is 5.45. The molecule has 116 valence electrons. The third-order valence-electron chi connectivity index (χ3n) is 3.38. The van der Waals surface area contributed by atoms with Crippen molar-refractivity contribution >= 4 is 12.0 Å². The third-order valence-corrected chi connectivity index (χ3v) is 3.38. The van der Waals surface area contributed by atoms with Gasteiger partial charge in [0.05, 0.1) is 6.42 Å². The number of benzene rings is 1. The monoisotopic (exact) mass is 292 g/mol. The zero-order valence-electron chi connectivity index (χ0n) is 12.9. The summed E-state index contributed by atoms with van der Waals surface area (Å²) in [5.74, 6) is -0.898. The molecule has 5 heteroatoms. The van der Waals surface area contributed by atoms with Crippen LogP contribution in [0.4, 0.5) is 4.79 Å². The number of urea groups is 1. The molecular formula is C16H24N2O3. The van der Waals surface area contributed by atoms with Crippen molar-refractivity contribution in [1.29, 1.82) is 0 Å². The first-order chi connectivity index (χ1) is 9.95. The number of carbonyl (C=O) groups is 2. The first-order valence-electron chi connectivity index (χ1n) is 7.28. The maximum absolute atomic E-state index is 12.2. The van der Waals surface area contributed by atoms with E-state index >= 15 is 0 Å². The summed E-state index contributed by atoms with van der Waals surface area (Å²) in [4.78, 5) is 24.4. The standard InChI is InChI=1S/C16H24N2O3/c1-4-13-7-5-6-8-14(13)11-17-16(21)18(12(2)3)10-9-15(19)20/h5-8,12H,4,9-11H2,1-3H3,(H,17,21)(H,19,20). The Hall–Kier alpha value is -2.04. The van der Waals surface area contributed by atoms with Crippen molar-refractivity contribution in [3.63, 3.8) is 0 Å². The van der Waals surface area contributed by atoms with Gasteiger partial charge >= 0.3 is 12.0 Å². The molecule has 0 aliphatic rings. The highest BCUT2D eigenvalue weighted by atomic mass is 16.4. The molecule has 0 aliphatic carbocycles. The van der Waals surface area contributed by atoms with Gasteiger partial charge in [-0.2, -0.15) is 0 Å². The summed E-state index contributed by atoms with van der Waals surface area (Å²) >= 11 is 0. The Labute approximate surface area is 126 Å². The zero-order valence-corrected chi connectivity index (χ0v) is 12.9. The highest BCUT2D eigenvalue weighted by Gasteiger charge is 2.17. The van der Waals surface area contributed by atoms with Crippen LogP contribution in [-0.2, 0) is 17.8 Å². The number of nitrogens with one attached hydrogen (secondary N) is 1. The molecule has 0 saturated carbocycles.